The van der Waals surface area contributed by atoms with Gasteiger partial charge >= 0.3 is 0 Å². The van der Waals surface area contributed by atoms with Crippen LogP contribution in [-0.2, 0) is 11.2 Å². The van der Waals surface area contributed by atoms with Gasteiger partial charge in [-0.15, -0.1) is 0 Å². The first-order chi connectivity index (χ1) is 14.8. The first-order valence-corrected chi connectivity index (χ1v) is 10.9. The molecule has 1 aliphatic heterocycles. The van der Waals surface area contributed by atoms with Crippen LogP contribution in [0.3, 0.4) is 0 Å². The molecule has 1 unspecified atom stereocenters. The number of benzene rings is 1. The molecule has 31 heavy (non-hydrogen) atoms. The molecule has 2 heterocycles. The summed E-state index contributed by atoms with van der Waals surface area (Å²) < 4.78 is 33.0. The predicted octanol–water partition coefficient (Wildman–Crippen LogP) is 4.20. The van der Waals surface area contributed by atoms with Gasteiger partial charge in [0.2, 0.25) is 5.91 Å². The second kappa shape index (κ2) is 8.81. The molecule has 1 aliphatic carbocycles. The van der Waals surface area contributed by atoms with Gasteiger partial charge in [-0.1, -0.05) is 6.07 Å². The number of furan rings is 1. The number of likely N-dealkylation sites (tertiary alicyclic amines) is 1. The Morgan fingerprint density at radius 3 is 2.45 bits per heavy atom. The lowest BCUT2D eigenvalue weighted by molar-refractivity contribution is -0.134. The Balaban J connectivity index is 1.48. The van der Waals surface area contributed by atoms with Crippen LogP contribution in [0.1, 0.15) is 47.4 Å². The fourth-order valence-corrected chi connectivity index (χ4v) is 4.58. The third-order valence-electron chi connectivity index (χ3n) is 6.68. The Kier molecular flexibility index (Phi) is 6.12. The zero-order chi connectivity index (χ0) is 22.1. The van der Waals surface area contributed by atoms with E-state index in [2.05, 4.69) is 0 Å². The molecule has 166 valence electrons. The maximum absolute atomic E-state index is 14.4. The van der Waals surface area contributed by atoms with Crippen molar-refractivity contribution >= 4 is 11.8 Å². The molecule has 1 atom stereocenters. The fourth-order valence-electron chi connectivity index (χ4n) is 4.58. The number of halogens is 2. The van der Waals surface area contributed by atoms with Crippen LogP contribution in [0.5, 0.6) is 0 Å². The molecule has 1 saturated carbocycles. The Labute approximate surface area is 181 Å². The van der Waals surface area contributed by atoms with Crippen molar-refractivity contribution in [3.63, 3.8) is 0 Å². The summed E-state index contributed by atoms with van der Waals surface area (Å²) in [5, 5.41) is 0. The summed E-state index contributed by atoms with van der Waals surface area (Å²) in [7, 11) is 1.79. The number of hydrogen-bond acceptors (Lipinski definition) is 3. The van der Waals surface area contributed by atoms with Crippen LogP contribution < -0.4 is 0 Å². The molecule has 2 aromatic rings. The van der Waals surface area contributed by atoms with Gasteiger partial charge in [-0.05, 0) is 62.6 Å². The minimum Gasteiger partial charge on any atom is -0.469 e. The molecule has 1 saturated heterocycles. The summed E-state index contributed by atoms with van der Waals surface area (Å²) in [6.45, 7) is 2.91. The molecular formula is C24H28F2N2O3. The van der Waals surface area contributed by atoms with E-state index >= 15 is 0 Å². The zero-order valence-corrected chi connectivity index (χ0v) is 17.9. The lowest BCUT2D eigenvalue weighted by atomic mass is 9.84. The number of carbonyl (C=O) groups is 2. The molecule has 2 fully saturated rings. The third kappa shape index (κ3) is 4.65. The van der Waals surface area contributed by atoms with Gasteiger partial charge in [0.25, 0.3) is 5.91 Å². The predicted molar refractivity (Wildman–Crippen MR) is 111 cm³/mol. The van der Waals surface area contributed by atoms with E-state index in [1.54, 1.807) is 24.9 Å². The van der Waals surface area contributed by atoms with Crippen LogP contribution in [0.4, 0.5) is 8.78 Å². The summed E-state index contributed by atoms with van der Waals surface area (Å²) in [4.78, 5) is 29.1. The average molecular weight is 430 g/mol. The van der Waals surface area contributed by atoms with Crippen molar-refractivity contribution in [2.75, 3.05) is 20.1 Å². The van der Waals surface area contributed by atoms with Crippen molar-refractivity contribution < 1.29 is 22.8 Å². The Hall–Kier alpha value is -2.70. The standard InChI is InChI=1S/C24H28F2N2O3/c1-15-20(9-12-31-15)24(30)28-10-7-16(8-11-28)22(27(2)23(29)17-3-4-17)13-18-5-6-19(25)14-21(18)26/h5-6,9,12,14,16-17,22H,3-4,7-8,10-11,13H2,1-2H3. The van der Waals surface area contributed by atoms with Gasteiger partial charge in [-0.3, -0.25) is 9.59 Å². The largest absolute Gasteiger partial charge is 0.469 e. The lowest BCUT2D eigenvalue weighted by Gasteiger charge is -2.40. The number of piperidine rings is 1. The maximum Gasteiger partial charge on any atom is 0.257 e. The Morgan fingerprint density at radius 1 is 1.16 bits per heavy atom. The van der Waals surface area contributed by atoms with Gasteiger partial charge in [-0.2, -0.15) is 0 Å². The normalized spacial score (nSPS) is 18.1. The van der Waals surface area contributed by atoms with E-state index in [4.69, 9.17) is 4.42 Å². The van der Waals surface area contributed by atoms with Crippen LogP contribution in [0.25, 0.3) is 0 Å². The van der Waals surface area contributed by atoms with Crippen LogP contribution in [-0.4, -0.2) is 47.8 Å². The second-order valence-electron chi connectivity index (χ2n) is 8.75. The average Bonchev–Trinajstić information content (AvgIpc) is 3.52. The molecular weight excluding hydrogens is 402 g/mol. The van der Waals surface area contributed by atoms with E-state index in [1.165, 1.54) is 18.4 Å². The highest BCUT2D eigenvalue weighted by molar-refractivity contribution is 5.95. The van der Waals surface area contributed by atoms with Crippen LogP contribution in [0.15, 0.2) is 34.9 Å². The quantitative estimate of drug-likeness (QED) is 0.690. The number of nitrogens with zero attached hydrogens (tertiary/aromatic N) is 2. The van der Waals surface area contributed by atoms with Crippen molar-refractivity contribution in [3.05, 3.63) is 59.1 Å². The molecule has 2 amide bonds. The highest BCUT2D eigenvalue weighted by Gasteiger charge is 2.38. The van der Waals surface area contributed by atoms with Crippen molar-refractivity contribution in [3.8, 4) is 0 Å². The zero-order valence-electron chi connectivity index (χ0n) is 17.9. The fraction of sp³-hybridized carbons (Fsp3) is 0.500. The van der Waals surface area contributed by atoms with Gasteiger partial charge in [0.15, 0.2) is 0 Å². The van der Waals surface area contributed by atoms with E-state index < -0.39 is 11.6 Å². The monoisotopic (exact) mass is 430 g/mol. The highest BCUT2D eigenvalue weighted by Crippen LogP contribution is 2.34. The smallest absolute Gasteiger partial charge is 0.257 e. The molecule has 1 aromatic carbocycles. The van der Waals surface area contributed by atoms with Crippen molar-refractivity contribution in [2.45, 2.75) is 45.1 Å². The molecule has 0 radical (unpaired) electrons. The summed E-state index contributed by atoms with van der Waals surface area (Å²) in [5.74, 6) is -0.343. The molecule has 0 spiro atoms. The minimum atomic E-state index is -0.610. The van der Waals surface area contributed by atoms with Crippen LogP contribution in [0, 0.1) is 30.4 Å². The lowest BCUT2D eigenvalue weighted by Crippen LogP contribution is -2.49. The van der Waals surface area contributed by atoms with Gasteiger partial charge in [0, 0.05) is 38.2 Å². The second-order valence-corrected chi connectivity index (χ2v) is 8.75. The summed E-state index contributed by atoms with van der Waals surface area (Å²) in [6.07, 6.45) is 5.09. The first-order valence-electron chi connectivity index (χ1n) is 10.9. The van der Waals surface area contributed by atoms with E-state index in [-0.39, 0.29) is 29.7 Å². The molecule has 4 rings (SSSR count). The van der Waals surface area contributed by atoms with Gasteiger partial charge in [0.05, 0.1) is 11.8 Å². The molecule has 7 heteroatoms. The molecule has 0 N–H and O–H groups in total. The van der Waals surface area contributed by atoms with E-state index in [0.29, 0.717) is 36.4 Å². The van der Waals surface area contributed by atoms with Crippen molar-refractivity contribution in [1.29, 1.82) is 0 Å². The first kappa shape index (κ1) is 21.5. The Morgan fingerprint density at radius 2 is 1.87 bits per heavy atom. The summed E-state index contributed by atoms with van der Waals surface area (Å²) >= 11 is 0. The minimum absolute atomic E-state index is 0.0479. The third-order valence-corrected chi connectivity index (χ3v) is 6.68. The summed E-state index contributed by atoms with van der Waals surface area (Å²) in [6, 6.07) is 5.11. The number of aryl methyl sites for hydroxylation is 1. The number of amides is 2. The van der Waals surface area contributed by atoms with Gasteiger partial charge < -0.3 is 14.2 Å². The molecule has 5 nitrogen and oxygen atoms in total. The number of likely N-dealkylation sites (N-methyl/N-ethyl adjacent to an activating group) is 1. The van der Waals surface area contributed by atoms with E-state index in [9.17, 15) is 18.4 Å². The van der Waals surface area contributed by atoms with Crippen LogP contribution in [0.2, 0.25) is 0 Å². The van der Waals surface area contributed by atoms with Gasteiger partial charge in [-0.25, -0.2) is 8.78 Å². The van der Waals surface area contributed by atoms with Crippen molar-refractivity contribution in [2.24, 2.45) is 11.8 Å². The molecule has 0 bridgehead atoms. The Bertz CT molecular complexity index is 961. The molecule has 2 aliphatic rings. The van der Waals surface area contributed by atoms with E-state index in [0.717, 1.165) is 31.7 Å². The SMILES string of the molecule is Cc1occc1C(=O)N1CCC(C(Cc2ccc(F)cc2F)N(C)C(=O)C2CC2)CC1. The summed E-state index contributed by atoms with van der Waals surface area (Å²) in [5.41, 5.74) is 0.985. The van der Waals surface area contributed by atoms with Crippen molar-refractivity contribution in [1.82, 2.24) is 9.80 Å². The highest BCUT2D eigenvalue weighted by atomic mass is 19.1. The van der Waals surface area contributed by atoms with Gasteiger partial charge in [0.1, 0.15) is 17.4 Å². The van der Waals surface area contributed by atoms with E-state index in [1.807, 2.05) is 4.90 Å². The maximum atomic E-state index is 14.4. The number of carbonyl (C=O) groups excluding carboxylic acids is 2. The topological polar surface area (TPSA) is 53.8 Å². The van der Waals surface area contributed by atoms with Crippen LogP contribution >= 0.6 is 0 Å². The number of rotatable bonds is 6. The number of hydrogen-bond donors (Lipinski definition) is 0. The molecule has 1 aromatic heterocycles.